The van der Waals surface area contributed by atoms with E-state index < -0.39 is 5.97 Å². The lowest BCUT2D eigenvalue weighted by atomic mass is 10.2. The van der Waals surface area contributed by atoms with Crippen molar-refractivity contribution in [3.05, 3.63) is 46.3 Å². The first-order chi connectivity index (χ1) is 12.4. The van der Waals surface area contributed by atoms with Crippen LogP contribution in [0.15, 0.2) is 36.4 Å². The minimum Gasteiger partial charge on any atom is -0.451 e. The zero-order chi connectivity index (χ0) is 18.7. The van der Waals surface area contributed by atoms with Gasteiger partial charge in [0.2, 0.25) is 0 Å². The van der Waals surface area contributed by atoms with E-state index in [-0.39, 0.29) is 24.7 Å². The third-order valence-corrected chi connectivity index (χ3v) is 5.40. The van der Waals surface area contributed by atoms with Crippen molar-refractivity contribution in [2.75, 3.05) is 19.7 Å². The van der Waals surface area contributed by atoms with E-state index in [4.69, 9.17) is 21.1 Å². The smallest absolute Gasteiger partial charge is 0.348 e. The molecule has 1 fully saturated rings. The number of carbonyl (C=O) groups is 2. The highest BCUT2D eigenvalue weighted by molar-refractivity contribution is 7.17. The average Bonchev–Trinajstić information content (AvgIpc) is 3.09. The largest absolute Gasteiger partial charge is 0.451 e. The molecule has 5 nitrogen and oxygen atoms in total. The summed E-state index contributed by atoms with van der Waals surface area (Å²) in [5.41, 5.74) is 0.978. The number of amides is 1. The van der Waals surface area contributed by atoms with Gasteiger partial charge in [-0.25, -0.2) is 4.79 Å². The Balaban J connectivity index is 1.57. The lowest BCUT2D eigenvalue weighted by molar-refractivity contribution is -0.146. The second-order valence-corrected chi connectivity index (χ2v) is 7.82. The van der Waals surface area contributed by atoms with Gasteiger partial charge in [0, 0.05) is 23.0 Å². The van der Waals surface area contributed by atoms with E-state index >= 15 is 0 Å². The number of morpholine rings is 1. The maximum absolute atomic E-state index is 12.3. The Kier molecular flexibility index (Phi) is 5.96. The predicted molar refractivity (Wildman–Crippen MR) is 102 cm³/mol. The summed E-state index contributed by atoms with van der Waals surface area (Å²) in [6.45, 7) is 4.62. The maximum atomic E-state index is 12.3. The molecule has 0 saturated carbocycles. The molecule has 2 heterocycles. The molecule has 1 aromatic heterocycles. The second-order valence-electron chi connectivity index (χ2n) is 6.30. The highest BCUT2D eigenvalue weighted by Crippen LogP contribution is 2.29. The molecule has 0 unspecified atom stereocenters. The zero-order valence-electron chi connectivity index (χ0n) is 14.6. The molecule has 1 aliphatic rings. The molecule has 1 saturated heterocycles. The van der Waals surface area contributed by atoms with Gasteiger partial charge in [0.05, 0.1) is 12.2 Å². The lowest BCUT2D eigenvalue weighted by Gasteiger charge is -2.35. The molecule has 0 aliphatic carbocycles. The molecule has 1 aliphatic heterocycles. The Morgan fingerprint density at radius 3 is 2.46 bits per heavy atom. The molecule has 0 bridgehead atoms. The van der Waals surface area contributed by atoms with Crippen molar-refractivity contribution in [1.29, 1.82) is 0 Å². The average molecular weight is 394 g/mol. The van der Waals surface area contributed by atoms with Crippen molar-refractivity contribution in [3.8, 4) is 10.4 Å². The molecular formula is C19H20ClNO4S. The zero-order valence-corrected chi connectivity index (χ0v) is 16.2. The third-order valence-electron chi connectivity index (χ3n) is 4.03. The van der Waals surface area contributed by atoms with Crippen molar-refractivity contribution in [2.24, 2.45) is 0 Å². The van der Waals surface area contributed by atoms with Gasteiger partial charge in [0.15, 0.2) is 6.61 Å². The Hall–Kier alpha value is -1.89. The highest BCUT2D eigenvalue weighted by Gasteiger charge is 2.26. The van der Waals surface area contributed by atoms with E-state index in [1.165, 1.54) is 11.3 Å². The number of benzene rings is 1. The van der Waals surface area contributed by atoms with Gasteiger partial charge in [-0.15, -0.1) is 11.3 Å². The van der Waals surface area contributed by atoms with Crippen LogP contribution in [0, 0.1) is 0 Å². The topological polar surface area (TPSA) is 55.8 Å². The first-order valence-electron chi connectivity index (χ1n) is 8.38. The lowest BCUT2D eigenvalue weighted by Crippen LogP contribution is -2.49. The highest BCUT2D eigenvalue weighted by atomic mass is 35.5. The summed E-state index contributed by atoms with van der Waals surface area (Å²) in [5, 5.41) is 0.662. The third kappa shape index (κ3) is 4.63. The van der Waals surface area contributed by atoms with E-state index in [1.54, 1.807) is 23.1 Å². The number of ether oxygens (including phenoxy) is 2. The minimum absolute atomic E-state index is 0.0161. The number of hydrogen-bond acceptors (Lipinski definition) is 5. The molecule has 3 rings (SSSR count). The summed E-state index contributed by atoms with van der Waals surface area (Å²) in [4.78, 5) is 27.6. The molecular weight excluding hydrogens is 374 g/mol. The van der Waals surface area contributed by atoms with E-state index in [2.05, 4.69) is 0 Å². The van der Waals surface area contributed by atoms with Crippen LogP contribution in [0.1, 0.15) is 23.5 Å². The van der Waals surface area contributed by atoms with E-state index in [0.717, 1.165) is 10.4 Å². The quantitative estimate of drug-likeness (QED) is 0.740. The summed E-state index contributed by atoms with van der Waals surface area (Å²) in [6, 6.07) is 11.0. The number of rotatable bonds is 4. The summed E-state index contributed by atoms with van der Waals surface area (Å²) >= 11 is 7.22. The number of thiophene rings is 1. The minimum atomic E-state index is -0.488. The van der Waals surface area contributed by atoms with Gasteiger partial charge in [-0.05, 0) is 43.7 Å². The van der Waals surface area contributed by atoms with Crippen LogP contribution in [0.2, 0.25) is 5.02 Å². The Morgan fingerprint density at radius 2 is 1.81 bits per heavy atom. The molecule has 0 spiro atoms. The van der Waals surface area contributed by atoms with Crippen LogP contribution in [-0.2, 0) is 14.3 Å². The molecule has 1 aromatic carbocycles. The van der Waals surface area contributed by atoms with Gasteiger partial charge >= 0.3 is 5.97 Å². The Labute approximate surface area is 161 Å². The van der Waals surface area contributed by atoms with Crippen molar-refractivity contribution >= 4 is 34.8 Å². The van der Waals surface area contributed by atoms with Crippen molar-refractivity contribution in [2.45, 2.75) is 26.1 Å². The van der Waals surface area contributed by atoms with Crippen LogP contribution in [0.3, 0.4) is 0 Å². The molecule has 0 radical (unpaired) electrons. The monoisotopic (exact) mass is 393 g/mol. The van der Waals surface area contributed by atoms with Gasteiger partial charge < -0.3 is 14.4 Å². The van der Waals surface area contributed by atoms with Crippen molar-refractivity contribution in [3.63, 3.8) is 0 Å². The summed E-state index contributed by atoms with van der Waals surface area (Å²) in [6.07, 6.45) is -0.0322. The molecule has 0 N–H and O–H groups in total. The first-order valence-corrected chi connectivity index (χ1v) is 9.58. The Morgan fingerprint density at radius 1 is 1.15 bits per heavy atom. The van der Waals surface area contributed by atoms with Gasteiger partial charge in [-0.3, -0.25) is 4.79 Å². The normalized spacial score (nSPS) is 20.0. The number of halogens is 1. The summed E-state index contributed by atoms with van der Waals surface area (Å²) in [7, 11) is 0. The molecule has 2 atom stereocenters. The number of nitrogens with zero attached hydrogens (tertiary/aromatic N) is 1. The molecule has 138 valence electrons. The summed E-state index contributed by atoms with van der Waals surface area (Å²) in [5.74, 6) is -0.687. The van der Waals surface area contributed by atoms with Crippen molar-refractivity contribution < 1.29 is 19.1 Å². The number of carbonyl (C=O) groups excluding carboxylic acids is 2. The van der Waals surface area contributed by atoms with Gasteiger partial charge in [-0.1, -0.05) is 23.7 Å². The van der Waals surface area contributed by atoms with Crippen LogP contribution in [0.4, 0.5) is 0 Å². The molecule has 7 heteroatoms. The summed E-state index contributed by atoms with van der Waals surface area (Å²) < 4.78 is 10.8. The standard InChI is InChI=1S/C19H20ClNO4S/c1-12-9-21(10-13(2)25-12)18(22)11-24-19(23)17-8-7-16(26-17)14-3-5-15(20)6-4-14/h3-8,12-13H,9-11H2,1-2H3/t12-,13-/m0/s1. The number of hydrogen-bond donors (Lipinski definition) is 0. The van der Waals surface area contributed by atoms with Gasteiger partial charge in [0.25, 0.3) is 5.91 Å². The van der Waals surface area contributed by atoms with Crippen LogP contribution in [-0.4, -0.2) is 48.7 Å². The second kappa shape index (κ2) is 8.20. The fourth-order valence-corrected chi connectivity index (χ4v) is 3.92. The Bertz CT molecular complexity index is 779. The molecule has 1 amide bonds. The SMILES string of the molecule is C[C@H]1CN(C(=O)COC(=O)c2ccc(-c3ccc(Cl)cc3)s2)C[C@H](C)O1. The number of esters is 1. The van der Waals surface area contributed by atoms with Crippen LogP contribution in [0.5, 0.6) is 0 Å². The van der Waals surface area contributed by atoms with E-state index in [0.29, 0.717) is 23.0 Å². The maximum Gasteiger partial charge on any atom is 0.348 e. The fraction of sp³-hybridized carbons (Fsp3) is 0.368. The fourth-order valence-electron chi connectivity index (χ4n) is 2.89. The predicted octanol–water partition coefficient (Wildman–Crippen LogP) is 3.86. The van der Waals surface area contributed by atoms with Crippen molar-refractivity contribution in [1.82, 2.24) is 4.90 Å². The van der Waals surface area contributed by atoms with Crippen LogP contribution in [0.25, 0.3) is 10.4 Å². The van der Waals surface area contributed by atoms with Gasteiger partial charge in [-0.2, -0.15) is 0 Å². The first kappa shape index (κ1) is 18.9. The van der Waals surface area contributed by atoms with Crippen LogP contribution >= 0.6 is 22.9 Å². The van der Waals surface area contributed by atoms with E-state index in [9.17, 15) is 9.59 Å². The van der Waals surface area contributed by atoms with Crippen LogP contribution < -0.4 is 0 Å². The van der Waals surface area contributed by atoms with E-state index in [1.807, 2.05) is 32.0 Å². The van der Waals surface area contributed by atoms with Gasteiger partial charge in [0.1, 0.15) is 4.88 Å². The molecule has 26 heavy (non-hydrogen) atoms. The molecule has 2 aromatic rings.